The second kappa shape index (κ2) is 6.62. The van der Waals surface area contributed by atoms with Gasteiger partial charge in [0, 0.05) is 13.1 Å². The summed E-state index contributed by atoms with van der Waals surface area (Å²) in [5.41, 5.74) is 0. The zero-order valence-corrected chi connectivity index (χ0v) is 7.94. The van der Waals surface area contributed by atoms with E-state index in [2.05, 4.69) is 6.58 Å². The molecule has 1 atom stereocenters. The fourth-order valence-electron chi connectivity index (χ4n) is 1.00. The van der Waals surface area contributed by atoms with Crippen LogP contribution in [0.1, 0.15) is 13.3 Å². The molecule has 4 nitrogen and oxygen atoms in total. The first-order chi connectivity index (χ1) is 6.15. The van der Waals surface area contributed by atoms with Gasteiger partial charge in [-0.3, -0.25) is 4.79 Å². The number of carbonyl (C=O) groups excluding carboxylic acids is 1. The maximum atomic E-state index is 11.2. The van der Waals surface area contributed by atoms with E-state index in [4.69, 9.17) is 10.2 Å². The Kier molecular flexibility index (Phi) is 6.18. The van der Waals surface area contributed by atoms with Crippen molar-refractivity contribution in [1.29, 1.82) is 0 Å². The third-order valence-electron chi connectivity index (χ3n) is 1.62. The van der Waals surface area contributed by atoms with E-state index in [0.717, 1.165) is 6.42 Å². The van der Waals surface area contributed by atoms with Gasteiger partial charge in [-0.2, -0.15) is 0 Å². The molecular weight excluding hydrogens is 170 g/mol. The lowest BCUT2D eigenvalue weighted by Gasteiger charge is -2.22. The predicted molar refractivity (Wildman–Crippen MR) is 50.2 cm³/mol. The first-order valence-electron chi connectivity index (χ1n) is 4.36. The van der Waals surface area contributed by atoms with Crippen LogP contribution < -0.4 is 0 Å². The minimum atomic E-state index is -0.865. The van der Waals surface area contributed by atoms with E-state index >= 15 is 0 Å². The van der Waals surface area contributed by atoms with Crippen molar-refractivity contribution in [2.45, 2.75) is 19.4 Å². The van der Waals surface area contributed by atoms with Gasteiger partial charge in [0.2, 0.25) is 5.91 Å². The molecule has 0 aliphatic rings. The Balaban J connectivity index is 4.08. The van der Waals surface area contributed by atoms with Gasteiger partial charge in [0.15, 0.2) is 0 Å². The molecule has 13 heavy (non-hydrogen) atoms. The molecule has 76 valence electrons. The van der Waals surface area contributed by atoms with E-state index in [-0.39, 0.29) is 19.1 Å². The van der Waals surface area contributed by atoms with Gasteiger partial charge in [-0.05, 0) is 12.5 Å². The molecule has 0 rings (SSSR count). The average Bonchev–Trinajstić information content (AvgIpc) is 2.15. The molecule has 0 saturated carbocycles. The molecule has 2 N–H and O–H groups in total. The number of hydrogen-bond acceptors (Lipinski definition) is 3. The first kappa shape index (κ1) is 12.1. The Morgan fingerprint density at radius 1 is 1.69 bits per heavy atom. The van der Waals surface area contributed by atoms with Crippen LogP contribution in [0.5, 0.6) is 0 Å². The highest BCUT2D eigenvalue weighted by atomic mass is 16.3. The lowest BCUT2D eigenvalue weighted by molar-refractivity contribution is -0.127. The van der Waals surface area contributed by atoms with Gasteiger partial charge in [-0.1, -0.05) is 13.5 Å². The molecule has 0 aromatic carbocycles. The third-order valence-corrected chi connectivity index (χ3v) is 1.62. The topological polar surface area (TPSA) is 60.8 Å². The van der Waals surface area contributed by atoms with Crippen LogP contribution in [0.4, 0.5) is 0 Å². The van der Waals surface area contributed by atoms with E-state index in [1.807, 2.05) is 6.92 Å². The second-order valence-electron chi connectivity index (χ2n) is 2.82. The fourth-order valence-corrected chi connectivity index (χ4v) is 1.00. The van der Waals surface area contributed by atoms with Crippen molar-refractivity contribution in [2.24, 2.45) is 0 Å². The Morgan fingerprint density at radius 3 is 2.69 bits per heavy atom. The molecule has 0 bridgehead atoms. The maximum Gasteiger partial charge on any atom is 0.246 e. The molecule has 0 aliphatic carbocycles. The number of rotatable bonds is 6. The quantitative estimate of drug-likeness (QED) is 0.564. The first-order valence-corrected chi connectivity index (χ1v) is 4.36. The third kappa shape index (κ3) is 4.65. The van der Waals surface area contributed by atoms with Crippen LogP contribution >= 0.6 is 0 Å². The van der Waals surface area contributed by atoms with Crippen molar-refractivity contribution in [1.82, 2.24) is 4.90 Å². The number of carbonyl (C=O) groups is 1. The van der Waals surface area contributed by atoms with Crippen LogP contribution in [0.25, 0.3) is 0 Å². The van der Waals surface area contributed by atoms with Gasteiger partial charge >= 0.3 is 0 Å². The van der Waals surface area contributed by atoms with Gasteiger partial charge in [0.25, 0.3) is 0 Å². The molecule has 1 unspecified atom stereocenters. The van der Waals surface area contributed by atoms with E-state index in [1.165, 1.54) is 11.0 Å². The van der Waals surface area contributed by atoms with Gasteiger partial charge in [0.05, 0.1) is 12.7 Å². The summed E-state index contributed by atoms with van der Waals surface area (Å²) < 4.78 is 0. The molecule has 0 fully saturated rings. The van der Waals surface area contributed by atoms with Crippen LogP contribution in [-0.4, -0.2) is 46.8 Å². The van der Waals surface area contributed by atoms with Crippen LogP contribution in [0.2, 0.25) is 0 Å². The zero-order chi connectivity index (χ0) is 10.3. The SMILES string of the molecule is C=CC(=O)N(CCC)CC(O)CO. The Hall–Kier alpha value is -0.870. The number of amides is 1. The van der Waals surface area contributed by atoms with Crippen LogP contribution in [0.3, 0.4) is 0 Å². The molecule has 0 radical (unpaired) electrons. The number of aliphatic hydroxyl groups is 2. The normalized spacial score (nSPS) is 12.2. The number of aliphatic hydroxyl groups excluding tert-OH is 2. The summed E-state index contributed by atoms with van der Waals surface area (Å²) in [6, 6.07) is 0. The van der Waals surface area contributed by atoms with Gasteiger partial charge < -0.3 is 15.1 Å². The van der Waals surface area contributed by atoms with E-state index < -0.39 is 6.10 Å². The molecule has 1 amide bonds. The number of nitrogens with zero attached hydrogens (tertiary/aromatic N) is 1. The maximum absolute atomic E-state index is 11.2. The summed E-state index contributed by atoms with van der Waals surface area (Å²) in [4.78, 5) is 12.6. The predicted octanol–water partition coefficient (Wildman–Crippen LogP) is -0.236. The smallest absolute Gasteiger partial charge is 0.246 e. The Bertz CT molecular complexity index is 170. The summed E-state index contributed by atoms with van der Waals surface area (Å²) in [7, 11) is 0. The zero-order valence-electron chi connectivity index (χ0n) is 7.94. The molecule has 0 aliphatic heterocycles. The highest BCUT2D eigenvalue weighted by molar-refractivity contribution is 5.86. The minimum Gasteiger partial charge on any atom is -0.394 e. The minimum absolute atomic E-state index is 0.162. The van der Waals surface area contributed by atoms with Crippen molar-refractivity contribution < 1.29 is 15.0 Å². The Morgan fingerprint density at radius 2 is 2.31 bits per heavy atom. The summed E-state index contributed by atoms with van der Waals surface area (Å²) in [6.45, 7) is 5.71. The summed E-state index contributed by atoms with van der Waals surface area (Å²) in [5, 5.41) is 17.7. The monoisotopic (exact) mass is 187 g/mol. The van der Waals surface area contributed by atoms with Crippen molar-refractivity contribution in [3.63, 3.8) is 0 Å². The van der Waals surface area contributed by atoms with Crippen molar-refractivity contribution in [3.8, 4) is 0 Å². The largest absolute Gasteiger partial charge is 0.394 e. The molecule has 0 spiro atoms. The highest BCUT2D eigenvalue weighted by Crippen LogP contribution is 1.96. The van der Waals surface area contributed by atoms with Gasteiger partial charge in [0.1, 0.15) is 0 Å². The molecule has 0 saturated heterocycles. The second-order valence-corrected chi connectivity index (χ2v) is 2.82. The van der Waals surface area contributed by atoms with Gasteiger partial charge in [-0.15, -0.1) is 0 Å². The number of hydrogen-bond donors (Lipinski definition) is 2. The van der Waals surface area contributed by atoms with Crippen LogP contribution in [0.15, 0.2) is 12.7 Å². The molecule has 0 heterocycles. The average molecular weight is 187 g/mol. The van der Waals surface area contributed by atoms with Crippen molar-refractivity contribution in [3.05, 3.63) is 12.7 Å². The van der Waals surface area contributed by atoms with Crippen LogP contribution in [0, 0.1) is 0 Å². The molecular formula is C9H17NO3. The summed E-state index contributed by atoms with van der Waals surface area (Å²) >= 11 is 0. The summed E-state index contributed by atoms with van der Waals surface area (Å²) in [6.07, 6.45) is 1.16. The van der Waals surface area contributed by atoms with E-state index in [1.54, 1.807) is 0 Å². The highest BCUT2D eigenvalue weighted by Gasteiger charge is 2.13. The fraction of sp³-hybridized carbons (Fsp3) is 0.667. The van der Waals surface area contributed by atoms with Gasteiger partial charge in [-0.25, -0.2) is 0 Å². The lowest BCUT2D eigenvalue weighted by Crippen LogP contribution is -2.38. The van der Waals surface area contributed by atoms with E-state index in [9.17, 15) is 4.79 Å². The standard InChI is InChI=1S/C9H17NO3/c1-3-5-10(9(13)4-2)6-8(12)7-11/h4,8,11-12H,2-3,5-7H2,1H3. The molecule has 4 heteroatoms. The van der Waals surface area contributed by atoms with E-state index in [0.29, 0.717) is 6.54 Å². The van der Waals surface area contributed by atoms with Crippen molar-refractivity contribution >= 4 is 5.91 Å². The Labute approximate surface area is 78.5 Å². The van der Waals surface area contributed by atoms with Crippen LogP contribution in [-0.2, 0) is 4.79 Å². The molecule has 0 aromatic heterocycles. The lowest BCUT2D eigenvalue weighted by atomic mass is 10.3. The summed E-state index contributed by atoms with van der Waals surface area (Å²) in [5.74, 6) is -0.214. The van der Waals surface area contributed by atoms with Crippen molar-refractivity contribution in [2.75, 3.05) is 19.7 Å². The molecule has 0 aromatic rings.